The lowest BCUT2D eigenvalue weighted by Crippen LogP contribution is -2.19. The number of rotatable bonds is 5. The molecule has 2 N–H and O–H groups in total. The lowest BCUT2D eigenvalue weighted by molar-refractivity contribution is -0.139. The average Bonchev–Trinajstić information content (AvgIpc) is 2.91. The van der Waals surface area contributed by atoms with Gasteiger partial charge in [0.2, 0.25) is 17.4 Å². The SMILES string of the molecule is [2H]C1(c2ccccc2C(F)(F)F)OC(N)=C(OS(=O)(=O)C([2H])([2H])c2ccccc2)C1=O. The summed E-state index contributed by atoms with van der Waals surface area (Å²) in [6.45, 7) is 0. The molecular formula is C18H14F3NO5S. The number of carbonyl (C=O) groups is 1. The van der Waals surface area contributed by atoms with Crippen LogP contribution in [0.2, 0.25) is 0 Å². The zero-order valence-electron chi connectivity index (χ0n) is 16.9. The molecule has 1 atom stereocenters. The van der Waals surface area contributed by atoms with Crippen molar-refractivity contribution in [2.24, 2.45) is 5.73 Å². The Morgan fingerprint density at radius 2 is 1.75 bits per heavy atom. The van der Waals surface area contributed by atoms with Crippen LogP contribution >= 0.6 is 0 Å². The van der Waals surface area contributed by atoms with Gasteiger partial charge in [0.25, 0.3) is 0 Å². The minimum absolute atomic E-state index is 0.333. The molecule has 0 aliphatic carbocycles. The summed E-state index contributed by atoms with van der Waals surface area (Å²) in [5.41, 5.74) is -0.332. The monoisotopic (exact) mass is 416 g/mol. The summed E-state index contributed by atoms with van der Waals surface area (Å²) >= 11 is 0. The molecule has 28 heavy (non-hydrogen) atoms. The van der Waals surface area contributed by atoms with Crippen molar-refractivity contribution in [3.05, 3.63) is 82.9 Å². The first-order chi connectivity index (χ1) is 14.2. The second-order valence-electron chi connectivity index (χ2n) is 5.50. The first-order valence-electron chi connectivity index (χ1n) is 9.11. The molecule has 0 saturated heterocycles. The molecule has 0 amide bonds. The molecule has 0 bridgehead atoms. The largest absolute Gasteiger partial charge is 0.460 e. The molecule has 2 aromatic carbocycles. The summed E-state index contributed by atoms with van der Waals surface area (Å²) < 4.78 is 98.4. The maximum absolute atomic E-state index is 13.3. The minimum atomic E-state index is -5.24. The van der Waals surface area contributed by atoms with Gasteiger partial charge >= 0.3 is 16.3 Å². The van der Waals surface area contributed by atoms with Gasteiger partial charge in [-0.15, -0.1) is 0 Å². The number of ether oxygens (including phenoxy) is 1. The van der Waals surface area contributed by atoms with Crippen molar-refractivity contribution in [2.45, 2.75) is 18.0 Å². The normalized spacial score (nSPS) is 22.2. The molecule has 6 nitrogen and oxygen atoms in total. The summed E-state index contributed by atoms with van der Waals surface area (Å²) in [4.78, 5) is 12.7. The van der Waals surface area contributed by atoms with E-state index >= 15 is 0 Å². The Labute approximate surface area is 162 Å². The molecule has 1 aliphatic heterocycles. The first kappa shape index (κ1) is 16.0. The molecular weight excluding hydrogens is 399 g/mol. The van der Waals surface area contributed by atoms with Gasteiger partial charge in [0.1, 0.15) is 5.70 Å². The Morgan fingerprint density at radius 3 is 2.39 bits per heavy atom. The molecule has 10 heteroatoms. The van der Waals surface area contributed by atoms with Gasteiger partial charge < -0.3 is 14.7 Å². The first-order valence-corrected chi connectivity index (χ1v) is 9.02. The van der Waals surface area contributed by atoms with Gasteiger partial charge in [-0.2, -0.15) is 21.6 Å². The topological polar surface area (TPSA) is 95.7 Å². The highest BCUT2D eigenvalue weighted by atomic mass is 32.2. The number of hydrogen-bond acceptors (Lipinski definition) is 6. The van der Waals surface area contributed by atoms with Gasteiger partial charge in [-0.05, 0) is 11.6 Å². The second-order valence-corrected chi connectivity index (χ2v) is 6.78. The van der Waals surface area contributed by atoms with E-state index in [4.69, 9.17) is 14.6 Å². The number of hydrogen-bond donors (Lipinski definition) is 1. The smallest absolute Gasteiger partial charge is 0.416 e. The van der Waals surface area contributed by atoms with Crippen LogP contribution in [0.1, 0.15) is 26.9 Å². The van der Waals surface area contributed by atoms with Crippen molar-refractivity contribution in [3.8, 4) is 0 Å². The van der Waals surface area contributed by atoms with Crippen molar-refractivity contribution >= 4 is 15.9 Å². The molecule has 0 radical (unpaired) electrons. The lowest BCUT2D eigenvalue weighted by atomic mass is 9.99. The zero-order valence-corrected chi connectivity index (χ0v) is 14.7. The van der Waals surface area contributed by atoms with Crippen LogP contribution in [-0.4, -0.2) is 14.2 Å². The molecule has 3 rings (SSSR count). The van der Waals surface area contributed by atoms with Crippen LogP contribution in [0.3, 0.4) is 0 Å². The van der Waals surface area contributed by atoms with E-state index in [1.165, 1.54) is 18.2 Å². The van der Waals surface area contributed by atoms with Gasteiger partial charge in [-0.25, -0.2) is 0 Å². The molecule has 1 aliphatic rings. The quantitative estimate of drug-likeness (QED) is 0.753. The third kappa shape index (κ3) is 4.11. The fraction of sp³-hybridized carbons (Fsp3) is 0.167. The van der Waals surface area contributed by atoms with Crippen LogP contribution in [0.4, 0.5) is 13.2 Å². The van der Waals surface area contributed by atoms with Gasteiger partial charge in [0.05, 0.1) is 9.68 Å². The number of carbonyl (C=O) groups excluding carboxylic acids is 1. The molecule has 148 valence electrons. The highest BCUT2D eigenvalue weighted by Gasteiger charge is 2.44. The fourth-order valence-electron chi connectivity index (χ4n) is 2.38. The Balaban J connectivity index is 2.00. The van der Waals surface area contributed by atoms with Gasteiger partial charge in [-0.3, -0.25) is 4.79 Å². The van der Waals surface area contributed by atoms with Crippen molar-refractivity contribution in [1.82, 2.24) is 0 Å². The number of nitrogens with two attached hydrogens (primary N) is 1. The molecule has 1 unspecified atom stereocenters. The zero-order chi connectivity index (χ0) is 23.2. The summed E-state index contributed by atoms with van der Waals surface area (Å²) in [6.07, 6.45) is -8.04. The predicted octanol–water partition coefficient (Wildman–Crippen LogP) is 3.02. The minimum Gasteiger partial charge on any atom is -0.460 e. The van der Waals surface area contributed by atoms with Crippen LogP contribution < -0.4 is 5.73 Å². The van der Waals surface area contributed by atoms with Crippen molar-refractivity contribution in [3.63, 3.8) is 0 Å². The van der Waals surface area contributed by atoms with E-state index in [2.05, 4.69) is 4.18 Å². The summed E-state index contributed by atoms with van der Waals surface area (Å²) in [6, 6.07) is 10.1. The van der Waals surface area contributed by atoms with Crippen LogP contribution in [0, 0.1) is 0 Å². The summed E-state index contributed by atoms with van der Waals surface area (Å²) in [7, 11) is -5.24. The van der Waals surface area contributed by atoms with E-state index in [9.17, 15) is 26.4 Å². The Hall–Kier alpha value is -3.01. The van der Waals surface area contributed by atoms with Gasteiger partial charge in [-0.1, -0.05) is 48.5 Å². The van der Waals surface area contributed by atoms with Crippen molar-refractivity contribution in [1.29, 1.82) is 0 Å². The van der Waals surface area contributed by atoms with E-state index in [1.807, 2.05) is 0 Å². The van der Waals surface area contributed by atoms with E-state index in [-0.39, 0.29) is 5.56 Å². The highest BCUT2D eigenvalue weighted by Crippen LogP contribution is 2.40. The van der Waals surface area contributed by atoms with Crippen LogP contribution in [0.15, 0.2) is 66.2 Å². The Morgan fingerprint density at radius 1 is 1.14 bits per heavy atom. The number of Topliss-reactive ketones (excluding diaryl/α,β-unsaturated/α-hetero) is 1. The Kier molecular flexibility index (Phi) is 4.11. The van der Waals surface area contributed by atoms with Crippen molar-refractivity contribution in [2.75, 3.05) is 0 Å². The number of benzene rings is 2. The third-order valence-corrected chi connectivity index (χ3v) is 4.41. The van der Waals surface area contributed by atoms with Crippen LogP contribution in [0.25, 0.3) is 0 Å². The predicted molar refractivity (Wildman–Crippen MR) is 91.6 cm³/mol. The molecule has 0 aromatic heterocycles. The number of ketones is 1. The second kappa shape index (κ2) is 7.19. The van der Waals surface area contributed by atoms with E-state index in [1.54, 1.807) is 0 Å². The summed E-state index contributed by atoms with van der Waals surface area (Å²) in [5.74, 6) is -3.98. The van der Waals surface area contributed by atoms with E-state index < -0.39 is 56.6 Å². The molecule has 0 saturated carbocycles. The van der Waals surface area contributed by atoms with E-state index in [0.717, 1.165) is 30.3 Å². The Bertz CT molecular complexity index is 1170. The van der Waals surface area contributed by atoms with Crippen molar-refractivity contribution < 1.29 is 39.4 Å². The van der Waals surface area contributed by atoms with Crippen LogP contribution in [-0.2, 0) is 35.7 Å². The standard InChI is InChI=1S/C18H14F3NO5S/c19-18(20,21)13-9-5-4-8-12(13)15-14(23)16(17(22)26-15)27-28(24,25)10-11-6-2-1-3-7-11/h1-9,15H,10,22H2/i10D2,15D. The average molecular weight is 416 g/mol. The van der Waals surface area contributed by atoms with Gasteiger partial charge in [0, 0.05) is 5.56 Å². The van der Waals surface area contributed by atoms with E-state index in [0.29, 0.717) is 6.07 Å². The van der Waals surface area contributed by atoms with Gasteiger partial charge in [0.15, 0.2) is 6.08 Å². The maximum Gasteiger partial charge on any atom is 0.416 e. The maximum atomic E-state index is 13.3. The highest BCUT2D eigenvalue weighted by molar-refractivity contribution is 7.86. The number of halogens is 3. The molecule has 0 fully saturated rings. The summed E-state index contributed by atoms with van der Waals surface area (Å²) in [5, 5.41) is 0. The fourth-order valence-corrected chi connectivity index (χ4v) is 3.23. The third-order valence-electron chi connectivity index (χ3n) is 3.54. The lowest BCUT2D eigenvalue weighted by Gasteiger charge is -2.16. The molecule has 0 spiro atoms. The van der Waals surface area contributed by atoms with Crippen LogP contribution in [0.5, 0.6) is 0 Å². The molecule has 1 heterocycles. The molecule has 2 aromatic rings. The number of alkyl halides is 3.